The van der Waals surface area contributed by atoms with Gasteiger partial charge in [-0.2, -0.15) is 0 Å². The molecule has 106 valence electrons. The Hall–Kier alpha value is -3.08. The number of nitrogens with zero attached hydrogens (tertiary/aromatic N) is 4. The van der Waals surface area contributed by atoms with Crippen LogP contribution in [-0.4, -0.2) is 19.5 Å². The van der Waals surface area contributed by atoms with Crippen molar-refractivity contribution in [2.75, 3.05) is 0 Å². The highest BCUT2D eigenvalue weighted by molar-refractivity contribution is 5.79. The minimum Gasteiger partial charge on any atom is -0.274 e. The van der Waals surface area contributed by atoms with E-state index in [1.54, 1.807) is 41.4 Å². The molecule has 4 rings (SSSR count). The Labute approximate surface area is 125 Å². The molecule has 0 radical (unpaired) electrons. The fourth-order valence-electron chi connectivity index (χ4n) is 2.46. The highest BCUT2D eigenvalue weighted by atomic mass is 19.1. The van der Waals surface area contributed by atoms with E-state index >= 15 is 0 Å². The van der Waals surface area contributed by atoms with E-state index in [4.69, 9.17) is 0 Å². The van der Waals surface area contributed by atoms with E-state index in [9.17, 15) is 4.39 Å². The Morgan fingerprint density at radius 2 is 1.77 bits per heavy atom. The minimum atomic E-state index is -0.322. The van der Waals surface area contributed by atoms with Gasteiger partial charge in [0.05, 0.1) is 5.69 Å². The molecule has 0 fully saturated rings. The van der Waals surface area contributed by atoms with Gasteiger partial charge in [-0.05, 0) is 36.4 Å². The second kappa shape index (κ2) is 5.04. The predicted octanol–water partition coefficient (Wildman–Crippen LogP) is 3.62. The zero-order valence-corrected chi connectivity index (χ0v) is 11.5. The van der Waals surface area contributed by atoms with Crippen LogP contribution in [0, 0.1) is 5.82 Å². The van der Waals surface area contributed by atoms with Gasteiger partial charge >= 0.3 is 0 Å². The molecule has 0 unspecified atom stereocenters. The van der Waals surface area contributed by atoms with Gasteiger partial charge < -0.3 is 0 Å². The lowest BCUT2D eigenvalue weighted by Gasteiger charge is -2.09. The highest BCUT2D eigenvalue weighted by Crippen LogP contribution is 2.28. The predicted molar refractivity (Wildman–Crippen MR) is 82.1 cm³/mol. The van der Waals surface area contributed by atoms with Crippen molar-refractivity contribution in [2.24, 2.45) is 0 Å². The molecule has 1 aromatic carbocycles. The number of hydrogen-bond acceptors (Lipinski definition) is 3. The van der Waals surface area contributed by atoms with Crippen LogP contribution in [0.5, 0.6) is 0 Å². The molecule has 0 bridgehead atoms. The number of rotatable bonds is 2. The molecule has 0 aliphatic rings. The SMILES string of the molecule is Fc1ccccc1-n1c(-c2cccnc2)nc2cccnc21. The van der Waals surface area contributed by atoms with Crippen molar-refractivity contribution in [1.29, 1.82) is 0 Å². The normalized spacial score (nSPS) is 11.0. The molecule has 0 saturated heterocycles. The molecular formula is C17H11FN4. The van der Waals surface area contributed by atoms with Crippen LogP contribution in [0.1, 0.15) is 0 Å². The summed E-state index contributed by atoms with van der Waals surface area (Å²) in [5.41, 5.74) is 2.56. The number of benzene rings is 1. The Bertz CT molecular complexity index is 947. The van der Waals surface area contributed by atoms with Crippen LogP contribution in [0.3, 0.4) is 0 Å². The monoisotopic (exact) mass is 290 g/mol. The highest BCUT2D eigenvalue weighted by Gasteiger charge is 2.17. The summed E-state index contributed by atoms with van der Waals surface area (Å²) in [4.78, 5) is 13.1. The minimum absolute atomic E-state index is 0.322. The number of halogens is 1. The summed E-state index contributed by atoms with van der Waals surface area (Å²) >= 11 is 0. The van der Waals surface area contributed by atoms with Crippen LogP contribution in [0.2, 0.25) is 0 Å². The van der Waals surface area contributed by atoms with Gasteiger partial charge in [0.25, 0.3) is 0 Å². The fraction of sp³-hybridized carbons (Fsp3) is 0. The van der Waals surface area contributed by atoms with Crippen molar-refractivity contribution >= 4 is 11.2 Å². The second-order valence-electron chi connectivity index (χ2n) is 4.81. The molecule has 0 aliphatic carbocycles. The molecule has 0 spiro atoms. The third kappa shape index (κ3) is 1.95. The van der Waals surface area contributed by atoms with Crippen molar-refractivity contribution < 1.29 is 4.39 Å². The summed E-state index contributed by atoms with van der Waals surface area (Å²) in [5, 5.41) is 0. The van der Waals surface area contributed by atoms with E-state index < -0.39 is 0 Å². The summed E-state index contributed by atoms with van der Waals surface area (Å²) < 4.78 is 16.0. The maximum Gasteiger partial charge on any atom is 0.165 e. The summed E-state index contributed by atoms with van der Waals surface area (Å²) in [6.07, 6.45) is 5.07. The summed E-state index contributed by atoms with van der Waals surface area (Å²) in [6, 6.07) is 14.0. The van der Waals surface area contributed by atoms with Crippen molar-refractivity contribution in [3.63, 3.8) is 0 Å². The molecule has 22 heavy (non-hydrogen) atoms. The van der Waals surface area contributed by atoms with E-state index in [2.05, 4.69) is 15.0 Å². The molecule has 4 aromatic rings. The molecular weight excluding hydrogens is 279 g/mol. The maximum absolute atomic E-state index is 14.3. The van der Waals surface area contributed by atoms with Crippen molar-refractivity contribution in [3.05, 3.63) is 72.9 Å². The summed E-state index contributed by atoms with van der Waals surface area (Å²) in [6.45, 7) is 0. The van der Waals surface area contributed by atoms with E-state index in [1.165, 1.54) is 6.07 Å². The standard InChI is InChI=1S/C17H11FN4/c18-13-6-1-2-8-15(13)22-16(12-5-3-9-19-11-12)21-14-7-4-10-20-17(14)22/h1-11H. The van der Waals surface area contributed by atoms with E-state index in [1.807, 2.05) is 24.3 Å². The molecule has 3 aromatic heterocycles. The molecule has 4 nitrogen and oxygen atoms in total. The summed E-state index contributed by atoms with van der Waals surface area (Å²) in [7, 11) is 0. The average molecular weight is 290 g/mol. The first kappa shape index (κ1) is 12.6. The Morgan fingerprint density at radius 1 is 0.909 bits per heavy atom. The van der Waals surface area contributed by atoms with Gasteiger partial charge in [-0.25, -0.2) is 14.4 Å². The Balaban J connectivity index is 2.10. The van der Waals surface area contributed by atoms with Crippen LogP contribution in [0.4, 0.5) is 4.39 Å². The van der Waals surface area contributed by atoms with Crippen LogP contribution in [0.15, 0.2) is 67.1 Å². The van der Waals surface area contributed by atoms with Gasteiger partial charge in [0, 0.05) is 24.2 Å². The van der Waals surface area contributed by atoms with Crippen LogP contribution < -0.4 is 0 Å². The van der Waals surface area contributed by atoms with E-state index in [0.29, 0.717) is 22.7 Å². The number of imidazole rings is 1. The third-order valence-corrected chi connectivity index (χ3v) is 3.43. The quantitative estimate of drug-likeness (QED) is 0.566. The molecule has 0 aliphatic heterocycles. The Kier molecular flexibility index (Phi) is 2.89. The lowest BCUT2D eigenvalue weighted by Crippen LogP contribution is -2.01. The van der Waals surface area contributed by atoms with E-state index in [-0.39, 0.29) is 5.82 Å². The molecule has 3 heterocycles. The molecule has 0 saturated carbocycles. The van der Waals surface area contributed by atoms with Gasteiger partial charge in [-0.15, -0.1) is 0 Å². The summed E-state index contributed by atoms with van der Waals surface area (Å²) in [5.74, 6) is 0.296. The smallest absolute Gasteiger partial charge is 0.165 e. The largest absolute Gasteiger partial charge is 0.274 e. The van der Waals surface area contributed by atoms with Crippen LogP contribution in [-0.2, 0) is 0 Å². The maximum atomic E-state index is 14.3. The first-order valence-electron chi connectivity index (χ1n) is 6.83. The molecule has 5 heteroatoms. The number of pyridine rings is 2. The third-order valence-electron chi connectivity index (χ3n) is 3.43. The lowest BCUT2D eigenvalue weighted by molar-refractivity contribution is 0.619. The zero-order chi connectivity index (χ0) is 14.9. The second-order valence-corrected chi connectivity index (χ2v) is 4.81. The van der Waals surface area contributed by atoms with Gasteiger partial charge in [0.1, 0.15) is 17.2 Å². The molecule has 0 N–H and O–H groups in total. The number of hydrogen-bond donors (Lipinski definition) is 0. The number of aromatic nitrogens is 4. The first-order valence-corrected chi connectivity index (χ1v) is 6.83. The van der Waals surface area contributed by atoms with Gasteiger partial charge in [0.2, 0.25) is 0 Å². The van der Waals surface area contributed by atoms with Gasteiger partial charge in [0.15, 0.2) is 5.65 Å². The lowest BCUT2D eigenvalue weighted by atomic mass is 10.2. The molecule has 0 amide bonds. The number of para-hydroxylation sites is 1. The fourth-order valence-corrected chi connectivity index (χ4v) is 2.46. The van der Waals surface area contributed by atoms with Crippen molar-refractivity contribution in [2.45, 2.75) is 0 Å². The number of fused-ring (bicyclic) bond motifs is 1. The topological polar surface area (TPSA) is 43.6 Å². The Morgan fingerprint density at radius 3 is 2.59 bits per heavy atom. The first-order chi connectivity index (χ1) is 10.8. The van der Waals surface area contributed by atoms with E-state index in [0.717, 1.165) is 5.56 Å². The van der Waals surface area contributed by atoms with Crippen LogP contribution in [0.25, 0.3) is 28.2 Å². The van der Waals surface area contributed by atoms with Crippen molar-refractivity contribution in [1.82, 2.24) is 19.5 Å². The van der Waals surface area contributed by atoms with Gasteiger partial charge in [-0.3, -0.25) is 9.55 Å². The average Bonchev–Trinajstić information content (AvgIpc) is 2.95. The zero-order valence-electron chi connectivity index (χ0n) is 11.5. The molecule has 0 atom stereocenters. The van der Waals surface area contributed by atoms with Gasteiger partial charge in [-0.1, -0.05) is 12.1 Å². The van der Waals surface area contributed by atoms with Crippen molar-refractivity contribution in [3.8, 4) is 17.1 Å². The van der Waals surface area contributed by atoms with Crippen LogP contribution >= 0.6 is 0 Å².